The SMILES string of the molecule is COCCCN1C(=O)c2ccc(NC(=O)NCc3ccccc3OC)cc2C1=O. The molecule has 0 fully saturated rings. The van der Waals surface area contributed by atoms with E-state index in [1.807, 2.05) is 24.3 Å². The largest absolute Gasteiger partial charge is 0.496 e. The molecule has 0 aliphatic carbocycles. The molecule has 4 amide bonds. The highest BCUT2D eigenvalue weighted by molar-refractivity contribution is 6.21. The van der Waals surface area contributed by atoms with Gasteiger partial charge in [-0.05, 0) is 30.7 Å². The van der Waals surface area contributed by atoms with E-state index in [-0.39, 0.29) is 23.9 Å². The van der Waals surface area contributed by atoms with Crippen molar-refractivity contribution in [3.05, 3.63) is 59.2 Å². The Labute approximate surface area is 168 Å². The van der Waals surface area contributed by atoms with Crippen molar-refractivity contribution in [3.8, 4) is 5.75 Å². The minimum atomic E-state index is -0.426. The Hall–Kier alpha value is -3.39. The van der Waals surface area contributed by atoms with Crippen LogP contribution >= 0.6 is 0 Å². The molecule has 0 saturated heterocycles. The maximum atomic E-state index is 12.5. The van der Waals surface area contributed by atoms with Crippen molar-refractivity contribution in [3.63, 3.8) is 0 Å². The van der Waals surface area contributed by atoms with Gasteiger partial charge in [0.05, 0.1) is 18.2 Å². The van der Waals surface area contributed by atoms with Crippen LogP contribution in [-0.2, 0) is 11.3 Å². The van der Waals surface area contributed by atoms with Crippen LogP contribution in [0.5, 0.6) is 5.75 Å². The van der Waals surface area contributed by atoms with Gasteiger partial charge in [0.1, 0.15) is 5.75 Å². The number of methoxy groups -OCH3 is 2. The van der Waals surface area contributed by atoms with E-state index in [0.717, 1.165) is 5.56 Å². The predicted octanol–water partition coefficient (Wildman–Crippen LogP) is 2.65. The molecule has 2 aromatic carbocycles. The summed E-state index contributed by atoms with van der Waals surface area (Å²) in [7, 11) is 3.14. The number of fused-ring (bicyclic) bond motifs is 1. The van der Waals surface area contributed by atoms with E-state index in [0.29, 0.717) is 36.6 Å². The van der Waals surface area contributed by atoms with Crippen LogP contribution in [0.15, 0.2) is 42.5 Å². The molecule has 0 aromatic heterocycles. The number of amides is 4. The monoisotopic (exact) mass is 397 g/mol. The number of anilines is 1. The number of hydrogen-bond acceptors (Lipinski definition) is 5. The Morgan fingerprint density at radius 1 is 1.03 bits per heavy atom. The van der Waals surface area contributed by atoms with Gasteiger partial charge in [-0.25, -0.2) is 4.79 Å². The lowest BCUT2D eigenvalue weighted by Crippen LogP contribution is -2.31. The molecule has 3 rings (SSSR count). The van der Waals surface area contributed by atoms with Gasteiger partial charge in [0.15, 0.2) is 0 Å². The molecule has 29 heavy (non-hydrogen) atoms. The average molecular weight is 397 g/mol. The second-order valence-corrected chi connectivity index (χ2v) is 6.49. The first-order valence-electron chi connectivity index (χ1n) is 9.21. The zero-order valence-electron chi connectivity index (χ0n) is 16.4. The first-order chi connectivity index (χ1) is 14.0. The first-order valence-corrected chi connectivity index (χ1v) is 9.21. The molecule has 152 valence electrons. The molecule has 2 aromatic rings. The zero-order valence-corrected chi connectivity index (χ0v) is 16.4. The number of para-hydroxylation sites is 1. The van der Waals surface area contributed by atoms with E-state index in [1.165, 1.54) is 11.0 Å². The molecule has 8 heteroatoms. The second-order valence-electron chi connectivity index (χ2n) is 6.49. The van der Waals surface area contributed by atoms with E-state index < -0.39 is 6.03 Å². The normalized spacial score (nSPS) is 12.7. The molecule has 0 spiro atoms. The number of rotatable bonds is 8. The highest BCUT2D eigenvalue weighted by Gasteiger charge is 2.35. The molecule has 2 N–H and O–H groups in total. The molecule has 0 radical (unpaired) electrons. The van der Waals surface area contributed by atoms with Crippen molar-refractivity contribution in [1.82, 2.24) is 10.2 Å². The Kier molecular flexibility index (Phi) is 6.46. The summed E-state index contributed by atoms with van der Waals surface area (Å²) in [4.78, 5) is 38.4. The number of imide groups is 1. The van der Waals surface area contributed by atoms with Gasteiger partial charge in [0.2, 0.25) is 0 Å². The second kappa shape index (κ2) is 9.20. The van der Waals surface area contributed by atoms with Gasteiger partial charge in [0, 0.05) is 38.1 Å². The third-order valence-corrected chi connectivity index (χ3v) is 4.59. The lowest BCUT2D eigenvalue weighted by molar-refractivity contribution is 0.0638. The van der Waals surface area contributed by atoms with Crippen LogP contribution in [0.1, 0.15) is 32.7 Å². The fourth-order valence-electron chi connectivity index (χ4n) is 3.14. The van der Waals surface area contributed by atoms with Crippen molar-refractivity contribution in [2.45, 2.75) is 13.0 Å². The number of benzene rings is 2. The van der Waals surface area contributed by atoms with Gasteiger partial charge < -0.3 is 20.1 Å². The lowest BCUT2D eigenvalue weighted by atomic mass is 10.1. The Morgan fingerprint density at radius 3 is 2.55 bits per heavy atom. The summed E-state index contributed by atoms with van der Waals surface area (Å²) in [5.74, 6) is -0.00420. The van der Waals surface area contributed by atoms with Crippen molar-refractivity contribution in [2.24, 2.45) is 0 Å². The van der Waals surface area contributed by atoms with Crippen LogP contribution in [0.4, 0.5) is 10.5 Å². The maximum Gasteiger partial charge on any atom is 0.319 e. The molecule has 8 nitrogen and oxygen atoms in total. The topological polar surface area (TPSA) is 97.0 Å². The van der Waals surface area contributed by atoms with E-state index in [2.05, 4.69) is 10.6 Å². The highest BCUT2D eigenvalue weighted by atomic mass is 16.5. The Morgan fingerprint density at radius 2 is 1.79 bits per heavy atom. The van der Waals surface area contributed by atoms with E-state index >= 15 is 0 Å². The number of carbonyl (C=O) groups excluding carboxylic acids is 3. The standard InChI is InChI=1S/C21H23N3O5/c1-28-11-5-10-24-19(25)16-9-8-15(12-17(16)20(24)26)23-21(27)22-13-14-6-3-4-7-18(14)29-2/h3-4,6-9,12H,5,10-11,13H2,1-2H3,(H2,22,23,27). The van der Waals surface area contributed by atoms with Gasteiger partial charge in [-0.2, -0.15) is 0 Å². The third kappa shape index (κ3) is 4.55. The number of nitrogens with one attached hydrogen (secondary N) is 2. The fourth-order valence-corrected chi connectivity index (χ4v) is 3.14. The number of ether oxygens (including phenoxy) is 2. The van der Waals surface area contributed by atoms with Crippen LogP contribution in [0.3, 0.4) is 0 Å². The van der Waals surface area contributed by atoms with Crippen LogP contribution < -0.4 is 15.4 Å². The van der Waals surface area contributed by atoms with Crippen molar-refractivity contribution in [2.75, 3.05) is 32.7 Å². The average Bonchev–Trinajstić information content (AvgIpc) is 2.97. The molecule has 1 aliphatic heterocycles. The minimum absolute atomic E-state index is 0.283. The number of urea groups is 1. The summed E-state index contributed by atoms with van der Waals surface area (Å²) in [5.41, 5.74) is 1.90. The summed E-state index contributed by atoms with van der Waals surface area (Å²) in [6.07, 6.45) is 0.568. The Bertz CT molecular complexity index is 928. The molecule has 1 aliphatic rings. The van der Waals surface area contributed by atoms with Gasteiger partial charge >= 0.3 is 6.03 Å². The van der Waals surface area contributed by atoms with E-state index in [9.17, 15) is 14.4 Å². The number of nitrogens with zero attached hydrogens (tertiary/aromatic N) is 1. The Balaban J connectivity index is 1.63. The summed E-state index contributed by atoms with van der Waals surface area (Å²) >= 11 is 0. The van der Waals surface area contributed by atoms with Crippen LogP contribution in [0, 0.1) is 0 Å². The van der Waals surface area contributed by atoms with Gasteiger partial charge in [-0.3, -0.25) is 14.5 Å². The first kappa shape index (κ1) is 20.3. The molecule has 0 saturated carbocycles. The third-order valence-electron chi connectivity index (χ3n) is 4.59. The maximum absolute atomic E-state index is 12.5. The lowest BCUT2D eigenvalue weighted by Gasteiger charge is -2.12. The van der Waals surface area contributed by atoms with Gasteiger partial charge in [-0.1, -0.05) is 18.2 Å². The summed E-state index contributed by atoms with van der Waals surface area (Å²) in [6, 6.07) is 11.6. The van der Waals surface area contributed by atoms with E-state index in [1.54, 1.807) is 26.4 Å². The minimum Gasteiger partial charge on any atom is -0.496 e. The zero-order chi connectivity index (χ0) is 20.8. The number of carbonyl (C=O) groups is 3. The predicted molar refractivity (Wildman–Crippen MR) is 107 cm³/mol. The smallest absolute Gasteiger partial charge is 0.319 e. The van der Waals surface area contributed by atoms with Crippen molar-refractivity contribution < 1.29 is 23.9 Å². The summed E-state index contributed by atoms with van der Waals surface area (Å²) < 4.78 is 10.2. The molecule has 1 heterocycles. The molecule has 0 atom stereocenters. The molecular formula is C21H23N3O5. The molecular weight excluding hydrogens is 374 g/mol. The number of hydrogen-bond donors (Lipinski definition) is 2. The van der Waals surface area contributed by atoms with Crippen LogP contribution in [0.25, 0.3) is 0 Å². The van der Waals surface area contributed by atoms with Crippen LogP contribution in [-0.4, -0.2) is 50.1 Å². The summed E-state index contributed by atoms with van der Waals surface area (Å²) in [6.45, 7) is 1.04. The van der Waals surface area contributed by atoms with Crippen molar-refractivity contribution in [1.29, 1.82) is 0 Å². The van der Waals surface area contributed by atoms with Gasteiger partial charge in [0.25, 0.3) is 11.8 Å². The summed E-state index contributed by atoms with van der Waals surface area (Å²) in [5, 5.41) is 5.44. The van der Waals surface area contributed by atoms with E-state index in [4.69, 9.17) is 9.47 Å². The molecule has 0 bridgehead atoms. The fraction of sp³-hybridized carbons (Fsp3) is 0.286. The van der Waals surface area contributed by atoms with Gasteiger partial charge in [-0.15, -0.1) is 0 Å². The van der Waals surface area contributed by atoms with Crippen LogP contribution in [0.2, 0.25) is 0 Å². The molecule has 0 unspecified atom stereocenters. The van der Waals surface area contributed by atoms with Crippen molar-refractivity contribution >= 4 is 23.5 Å². The quantitative estimate of drug-likeness (QED) is 0.527. The highest BCUT2D eigenvalue weighted by Crippen LogP contribution is 2.26.